The van der Waals surface area contributed by atoms with Gasteiger partial charge in [-0.1, -0.05) is 38.1 Å². The van der Waals surface area contributed by atoms with Gasteiger partial charge in [0.15, 0.2) is 6.20 Å². The van der Waals surface area contributed by atoms with E-state index in [-0.39, 0.29) is 29.1 Å². The molecule has 1 amide bonds. The van der Waals surface area contributed by atoms with Gasteiger partial charge < -0.3 is 10.4 Å². The van der Waals surface area contributed by atoms with Crippen LogP contribution < -0.4 is 15.2 Å². The predicted molar refractivity (Wildman–Crippen MR) is 162 cm³/mol. The summed E-state index contributed by atoms with van der Waals surface area (Å²) in [5, 5.41) is 17.4. The fourth-order valence-electron chi connectivity index (χ4n) is 5.99. The number of allylic oxidation sites excluding steroid dienone is 2. The van der Waals surface area contributed by atoms with E-state index in [0.717, 1.165) is 31.2 Å². The summed E-state index contributed by atoms with van der Waals surface area (Å²) in [4.78, 5) is 17.8. The van der Waals surface area contributed by atoms with Crippen LogP contribution in [0.25, 0.3) is 16.9 Å². The van der Waals surface area contributed by atoms with Gasteiger partial charge in [-0.3, -0.25) is 14.5 Å². The Hall–Kier alpha value is -3.88. The van der Waals surface area contributed by atoms with Crippen molar-refractivity contribution >= 4 is 11.6 Å². The van der Waals surface area contributed by atoms with Crippen molar-refractivity contribution in [2.45, 2.75) is 63.6 Å². The van der Waals surface area contributed by atoms with Crippen LogP contribution in [0.1, 0.15) is 73.6 Å². The molecule has 1 aromatic carbocycles. The van der Waals surface area contributed by atoms with Crippen LogP contribution in [0.3, 0.4) is 0 Å². The van der Waals surface area contributed by atoms with Crippen molar-refractivity contribution in [3.8, 4) is 11.3 Å². The number of aliphatic hydroxyl groups excluding tert-OH is 1. The van der Waals surface area contributed by atoms with Crippen molar-refractivity contribution < 1.29 is 18.9 Å². The lowest BCUT2D eigenvalue weighted by Crippen LogP contribution is -2.46. The van der Waals surface area contributed by atoms with Gasteiger partial charge in [-0.2, -0.15) is 0 Å². The molecular weight excluding hydrogens is 529 g/mol. The molecule has 0 saturated heterocycles. The highest BCUT2D eigenvalue weighted by Gasteiger charge is 2.51. The minimum absolute atomic E-state index is 0.103. The Morgan fingerprint density at radius 3 is 2.60 bits per heavy atom. The van der Waals surface area contributed by atoms with E-state index in [1.54, 1.807) is 19.2 Å². The van der Waals surface area contributed by atoms with Crippen LogP contribution in [0.4, 0.5) is 4.39 Å². The maximum Gasteiger partial charge on any atom is 0.270 e. The van der Waals surface area contributed by atoms with Crippen LogP contribution in [0.5, 0.6) is 0 Å². The maximum absolute atomic E-state index is 13.6. The van der Waals surface area contributed by atoms with Gasteiger partial charge >= 0.3 is 0 Å². The highest BCUT2D eigenvalue weighted by Crippen LogP contribution is 2.44. The molecule has 3 aromatic heterocycles. The number of pyridine rings is 2. The Morgan fingerprint density at radius 1 is 1.17 bits per heavy atom. The number of aromatic nitrogens is 3. The summed E-state index contributed by atoms with van der Waals surface area (Å²) in [5.41, 5.74) is 4.28. The van der Waals surface area contributed by atoms with E-state index in [0.29, 0.717) is 29.0 Å². The van der Waals surface area contributed by atoms with Gasteiger partial charge in [-0.05, 0) is 79.8 Å². The van der Waals surface area contributed by atoms with Gasteiger partial charge in [0, 0.05) is 30.9 Å². The summed E-state index contributed by atoms with van der Waals surface area (Å²) in [7, 11) is 3.64. The SMILES string of the molecule is CCC=CC(C)C(CCC(O)NC1(c2cccc[n+]2C)CC1)c1ccc2nc(-c3ccc(F)cc3)c(C(=O)NC)n2c1. The molecule has 7 nitrogen and oxygen atoms in total. The van der Waals surface area contributed by atoms with Gasteiger partial charge in [0.1, 0.15) is 41.7 Å². The van der Waals surface area contributed by atoms with Crippen LogP contribution in [0, 0.1) is 11.7 Å². The molecule has 1 aliphatic carbocycles. The van der Waals surface area contributed by atoms with Crippen LogP contribution in [-0.2, 0) is 12.6 Å². The average Bonchev–Trinajstić information content (AvgIpc) is 3.66. The molecule has 0 radical (unpaired) electrons. The number of rotatable bonds is 12. The number of benzene rings is 1. The lowest BCUT2D eigenvalue weighted by molar-refractivity contribution is -0.682. The molecule has 0 bridgehead atoms. The van der Waals surface area contributed by atoms with Gasteiger partial charge in [-0.25, -0.2) is 13.9 Å². The molecule has 0 spiro atoms. The molecule has 220 valence electrons. The summed E-state index contributed by atoms with van der Waals surface area (Å²) >= 11 is 0. The molecule has 3 atom stereocenters. The van der Waals surface area contributed by atoms with Crippen molar-refractivity contribution in [1.82, 2.24) is 20.0 Å². The number of aliphatic hydroxyl groups is 1. The number of amides is 1. The van der Waals surface area contributed by atoms with Crippen molar-refractivity contribution in [2.75, 3.05) is 7.05 Å². The topological polar surface area (TPSA) is 82.5 Å². The van der Waals surface area contributed by atoms with Crippen molar-refractivity contribution in [2.24, 2.45) is 13.0 Å². The number of carbonyl (C=O) groups is 1. The molecule has 3 heterocycles. The normalized spacial score (nSPS) is 16.4. The molecule has 4 aromatic rings. The quantitative estimate of drug-likeness (QED) is 0.121. The second kappa shape index (κ2) is 12.5. The zero-order valence-electron chi connectivity index (χ0n) is 24.8. The van der Waals surface area contributed by atoms with Crippen molar-refractivity contribution in [3.63, 3.8) is 0 Å². The average molecular weight is 571 g/mol. The summed E-state index contributed by atoms with van der Waals surface area (Å²) in [6, 6.07) is 16.2. The Kier molecular flexibility index (Phi) is 8.85. The third-order valence-corrected chi connectivity index (χ3v) is 8.43. The summed E-state index contributed by atoms with van der Waals surface area (Å²) in [6.45, 7) is 4.32. The fourth-order valence-corrected chi connectivity index (χ4v) is 5.99. The number of halogens is 1. The molecule has 1 aliphatic rings. The first kappa shape index (κ1) is 29.6. The number of imidazole rings is 1. The van der Waals surface area contributed by atoms with Gasteiger partial charge in [0.05, 0.1) is 0 Å². The van der Waals surface area contributed by atoms with E-state index >= 15 is 0 Å². The first-order valence-electron chi connectivity index (χ1n) is 14.8. The zero-order valence-corrected chi connectivity index (χ0v) is 24.8. The lowest BCUT2D eigenvalue weighted by atomic mass is 9.83. The van der Waals surface area contributed by atoms with E-state index in [1.165, 1.54) is 17.8 Å². The number of aryl methyl sites for hydroxylation is 1. The monoisotopic (exact) mass is 570 g/mol. The van der Waals surface area contributed by atoms with Crippen molar-refractivity contribution in [1.29, 1.82) is 0 Å². The molecule has 0 aliphatic heterocycles. The minimum Gasteiger partial charge on any atom is -0.379 e. The second-order valence-electron chi connectivity index (χ2n) is 11.4. The molecule has 1 saturated carbocycles. The van der Waals surface area contributed by atoms with E-state index in [9.17, 15) is 14.3 Å². The van der Waals surface area contributed by atoms with Gasteiger partial charge in [0.2, 0.25) is 5.69 Å². The third kappa shape index (κ3) is 6.15. The predicted octanol–water partition coefficient (Wildman–Crippen LogP) is 5.39. The van der Waals surface area contributed by atoms with Crippen LogP contribution in [0.2, 0.25) is 0 Å². The largest absolute Gasteiger partial charge is 0.379 e. The first-order chi connectivity index (χ1) is 20.3. The first-order valence-corrected chi connectivity index (χ1v) is 14.8. The molecule has 3 N–H and O–H groups in total. The highest BCUT2D eigenvalue weighted by molar-refractivity contribution is 5.99. The third-order valence-electron chi connectivity index (χ3n) is 8.43. The Bertz CT molecular complexity index is 1570. The van der Waals surface area contributed by atoms with Crippen LogP contribution in [-0.4, -0.2) is 33.7 Å². The zero-order chi connectivity index (χ0) is 29.9. The molecule has 1 fully saturated rings. The minimum atomic E-state index is -0.652. The summed E-state index contributed by atoms with van der Waals surface area (Å²) in [5.74, 6) is -0.297. The molecule has 3 unspecified atom stereocenters. The second-order valence-corrected chi connectivity index (χ2v) is 11.4. The molecule has 42 heavy (non-hydrogen) atoms. The van der Waals surface area contributed by atoms with E-state index in [1.807, 2.05) is 42.0 Å². The standard InChI is InChI=1S/C34H40FN5O2/c1-5-6-9-23(2)27(16-18-30(41)38-34(19-20-34)28-10-7-8-21-39(28)4)25-13-17-29-37-31(24-11-14-26(35)15-12-24)32(33(42)36-3)40(29)22-25/h6-15,17,21-23,27,30,38,41H,5,16,18-20H2,1-4H3/p+1. The van der Waals surface area contributed by atoms with E-state index in [4.69, 9.17) is 4.98 Å². The fraction of sp³-hybridized carbons (Fsp3) is 0.382. The molecule has 5 rings (SSSR count). The molecule has 8 heteroatoms. The number of hydrogen-bond acceptors (Lipinski definition) is 4. The smallest absolute Gasteiger partial charge is 0.270 e. The summed E-state index contributed by atoms with van der Waals surface area (Å²) in [6.07, 6.45) is 12.1. The Morgan fingerprint density at radius 2 is 1.93 bits per heavy atom. The highest BCUT2D eigenvalue weighted by atomic mass is 19.1. The van der Waals surface area contributed by atoms with Gasteiger partial charge in [-0.15, -0.1) is 0 Å². The van der Waals surface area contributed by atoms with E-state index in [2.05, 4.69) is 53.3 Å². The van der Waals surface area contributed by atoms with Crippen molar-refractivity contribution in [3.05, 3.63) is 102 Å². The number of nitrogens with zero attached hydrogens (tertiary/aromatic N) is 3. The lowest BCUT2D eigenvalue weighted by Gasteiger charge is -2.26. The summed E-state index contributed by atoms with van der Waals surface area (Å²) < 4.78 is 17.6. The van der Waals surface area contributed by atoms with E-state index < -0.39 is 6.23 Å². The van der Waals surface area contributed by atoms with Crippen LogP contribution >= 0.6 is 0 Å². The Balaban J connectivity index is 1.44. The van der Waals surface area contributed by atoms with Gasteiger partial charge in [0.25, 0.3) is 5.91 Å². The number of fused-ring (bicyclic) bond motifs is 1. The maximum atomic E-state index is 13.6. The Labute approximate surface area is 247 Å². The number of hydrogen-bond donors (Lipinski definition) is 3. The number of nitrogens with one attached hydrogen (secondary N) is 2. The molecular formula is C34H41FN5O2+. The van der Waals surface area contributed by atoms with Crippen LogP contribution in [0.15, 0.2) is 79.1 Å². The number of carbonyl (C=O) groups excluding carboxylic acids is 1.